The fourth-order valence-electron chi connectivity index (χ4n) is 4.18. The van der Waals surface area contributed by atoms with Crippen molar-refractivity contribution in [3.05, 3.63) is 115 Å². The van der Waals surface area contributed by atoms with Gasteiger partial charge in [-0.2, -0.15) is 0 Å². The Morgan fingerprint density at radius 3 is 1.82 bits per heavy atom. The largest absolute Gasteiger partial charge is 0.275 e. The Labute approximate surface area is 201 Å². The molecule has 1 aromatic heterocycles. The van der Waals surface area contributed by atoms with Crippen LogP contribution in [0.5, 0.6) is 0 Å². The van der Waals surface area contributed by atoms with E-state index in [4.69, 9.17) is 0 Å². The lowest BCUT2D eigenvalue weighted by molar-refractivity contribution is 0.590. The van der Waals surface area contributed by atoms with Crippen LogP contribution in [0.4, 0.5) is 0 Å². The first kappa shape index (κ1) is 21.8. The molecule has 4 aromatic rings. The number of hydrogen-bond acceptors (Lipinski definition) is 2. The Morgan fingerprint density at radius 1 is 0.647 bits per heavy atom. The van der Waals surface area contributed by atoms with Gasteiger partial charge in [0.1, 0.15) is 0 Å². The van der Waals surface area contributed by atoms with Crippen molar-refractivity contribution in [2.45, 2.75) is 32.6 Å². The summed E-state index contributed by atoms with van der Waals surface area (Å²) in [5.74, 6) is 1.68. The first-order valence-corrected chi connectivity index (χ1v) is 11.8. The zero-order valence-electron chi connectivity index (χ0n) is 19.9. The smallest absolute Gasteiger partial charge is 0.168 e. The fraction of sp³-hybridized carbons (Fsp3) is 0.161. The second-order valence-electron chi connectivity index (χ2n) is 9.61. The molecule has 0 bridgehead atoms. The maximum absolute atomic E-state index is 4.66. The van der Waals surface area contributed by atoms with E-state index >= 15 is 0 Å². The molecule has 0 unspecified atom stereocenters. The molecule has 0 amide bonds. The molecular formula is C31H29N3. The number of aromatic nitrogens is 3. The Bertz CT molecular complexity index is 1360. The lowest BCUT2D eigenvalue weighted by Crippen LogP contribution is -2.10. The van der Waals surface area contributed by atoms with Gasteiger partial charge in [0.05, 0.1) is 0 Å². The number of allylic oxidation sites excluding steroid dienone is 6. The summed E-state index contributed by atoms with van der Waals surface area (Å²) in [4.78, 5) is 0. The molecule has 5 rings (SSSR count). The maximum Gasteiger partial charge on any atom is 0.168 e. The van der Waals surface area contributed by atoms with Gasteiger partial charge in [-0.05, 0) is 40.7 Å². The number of rotatable bonds is 4. The molecule has 0 spiro atoms. The number of nitrogens with zero attached hydrogens (tertiary/aromatic N) is 3. The molecule has 3 nitrogen and oxygen atoms in total. The topological polar surface area (TPSA) is 30.7 Å². The molecule has 3 heteroatoms. The van der Waals surface area contributed by atoms with Crippen molar-refractivity contribution < 1.29 is 0 Å². The highest BCUT2D eigenvalue weighted by Crippen LogP contribution is 2.32. The molecular weight excluding hydrogens is 414 g/mol. The third kappa shape index (κ3) is 4.42. The summed E-state index contributed by atoms with van der Waals surface area (Å²) >= 11 is 0. The molecule has 1 aliphatic carbocycles. The predicted octanol–water partition coefficient (Wildman–Crippen LogP) is 7.93. The average Bonchev–Trinajstić information content (AvgIpc) is 3.12. The second-order valence-corrected chi connectivity index (χ2v) is 9.61. The van der Waals surface area contributed by atoms with Crippen molar-refractivity contribution in [2.24, 2.45) is 0 Å². The Balaban J connectivity index is 1.60. The highest BCUT2D eigenvalue weighted by molar-refractivity contribution is 5.76. The Hall–Kier alpha value is -3.98. The molecule has 0 aliphatic heterocycles. The lowest BCUT2D eigenvalue weighted by atomic mass is 9.86. The highest BCUT2D eigenvalue weighted by Gasteiger charge is 2.19. The fourth-order valence-corrected chi connectivity index (χ4v) is 4.18. The second kappa shape index (κ2) is 9.11. The van der Waals surface area contributed by atoms with Crippen LogP contribution in [0.25, 0.3) is 39.6 Å². The van der Waals surface area contributed by atoms with Gasteiger partial charge in [0.25, 0.3) is 0 Å². The van der Waals surface area contributed by atoms with E-state index in [1.165, 1.54) is 16.7 Å². The van der Waals surface area contributed by atoms with Crippen LogP contribution in [-0.2, 0) is 5.41 Å². The Kier molecular flexibility index (Phi) is 5.85. The van der Waals surface area contributed by atoms with Crippen LogP contribution in [-0.4, -0.2) is 14.8 Å². The van der Waals surface area contributed by atoms with Gasteiger partial charge in [0.2, 0.25) is 0 Å². The molecule has 168 valence electrons. The first-order valence-electron chi connectivity index (χ1n) is 11.8. The lowest BCUT2D eigenvalue weighted by Gasteiger charge is -2.19. The molecule has 34 heavy (non-hydrogen) atoms. The van der Waals surface area contributed by atoms with Gasteiger partial charge in [-0.25, -0.2) is 0 Å². The zero-order chi connectivity index (χ0) is 23.5. The van der Waals surface area contributed by atoms with Crippen molar-refractivity contribution in [1.29, 1.82) is 0 Å². The van der Waals surface area contributed by atoms with Crippen LogP contribution in [0.2, 0.25) is 0 Å². The summed E-state index contributed by atoms with van der Waals surface area (Å²) in [6.45, 7) is 6.69. The molecule has 0 saturated heterocycles. The van der Waals surface area contributed by atoms with Gasteiger partial charge >= 0.3 is 0 Å². The monoisotopic (exact) mass is 443 g/mol. The van der Waals surface area contributed by atoms with E-state index in [1.807, 2.05) is 6.07 Å². The molecule has 0 saturated carbocycles. The zero-order valence-corrected chi connectivity index (χ0v) is 19.9. The van der Waals surface area contributed by atoms with E-state index in [9.17, 15) is 0 Å². The summed E-state index contributed by atoms with van der Waals surface area (Å²) in [5, 5.41) is 9.31. The van der Waals surface area contributed by atoms with E-state index in [1.54, 1.807) is 0 Å². The molecule has 0 atom stereocenters. The molecule has 0 radical (unpaired) electrons. The molecule has 1 heterocycles. The van der Waals surface area contributed by atoms with Gasteiger partial charge in [0, 0.05) is 16.8 Å². The van der Waals surface area contributed by atoms with Gasteiger partial charge < -0.3 is 0 Å². The van der Waals surface area contributed by atoms with Crippen LogP contribution in [0.1, 0.15) is 32.8 Å². The minimum atomic E-state index is 0.106. The van der Waals surface area contributed by atoms with Crippen molar-refractivity contribution >= 4 is 5.70 Å². The maximum atomic E-state index is 4.66. The van der Waals surface area contributed by atoms with Gasteiger partial charge in [-0.3, -0.25) is 4.57 Å². The van der Waals surface area contributed by atoms with E-state index in [2.05, 4.69) is 139 Å². The predicted molar refractivity (Wildman–Crippen MR) is 142 cm³/mol. The summed E-state index contributed by atoms with van der Waals surface area (Å²) in [6.07, 6.45) is 11.6. The third-order valence-corrected chi connectivity index (χ3v) is 6.14. The highest BCUT2D eigenvalue weighted by atomic mass is 15.3. The average molecular weight is 444 g/mol. The van der Waals surface area contributed by atoms with E-state index in [0.717, 1.165) is 34.9 Å². The summed E-state index contributed by atoms with van der Waals surface area (Å²) in [5.41, 5.74) is 6.93. The Morgan fingerprint density at radius 2 is 1.21 bits per heavy atom. The number of hydrogen-bond donors (Lipinski definition) is 0. The van der Waals surface area contributed by atoms with E-state index in [-0.39, 0.29) is 5.41 Å². The minimum absolute atomic E-state index is 0.106. The molecule has 0 fully saturated rings. The number of benzene rings is 3. The molecule has 0 N–H and O–H groups in total. The van der Waals surface area contributed by atoms with Crippen LogP contribution in [0.15, 0.2) is 109 Å². The summed E-state index contributed by atoms with van der Waals surface area (Å²) in [6, 6.07) is 27.7. The normalized spacial score (nSPS) is 13.6. The van der Waals surface area contributed by atoms with Crippen molar-refractivity contribution in [2.75, 3.05) is 0 Å². The van der Waals surface area contributed by atoms with Crippen LogP contribution < -0.4 is 0 Å². The van der Waals surface area contributed by atoms with Crippen LogP contribution in [0, 0.1) is 0 Å². The molecule has 1 aliphatic rings. The first-order chi connectivity index (χ1) is 16.5. The van der Waals surface area contributed by atoms with Gasteiger partial charge in [-0.1, -0.05) is 118 Å². The summed E-state index contributed by atoms with van der Waals surface area (Å²) < 4.78 is 2.16. The standard InChI is InChI=1S/C31H29N3/c1-31(2,3)27-21-19-26(20-22-27)30-33-32-29(34(30)28-13-9-4-5-10-14-28)25-17-15-24(16-18-25)23-11-7-6-8-12-23/h4,6-22H,5H2,1-3H3. The summed E-state index contributed by atoms with van der Waals surface area (Å²) in [7, 11) is 0. The molecule has 3 aromatic carbocycles. The SMILES string of the molecule is CC(C)(C)c1ccc(-c2nnc(-c3ccc(-c4ccccc4)cc3)n2C2=CC=CCC=C2)cc1. The van der Waals surface area contributed by atoms with Gasteiger partial charge in [-0.15, -0.1) is 10.2 Å². The van der Waals surface area contributed by atoms with E-state index in [0.29, 0.717) is 0 Å². The van der Waals surface area contributed by atoms with E-state index < -0.39 is 0 Å². The van der Waals surface area contributed by atoms with Crippen LogP contribution in [0.3, 0.4) is 0 Å². The van der Waals surface area contributed by atoms with Gasteiger partial charge in [0.15, 0.2) is 11.6 Å². The van der Waals surface area contributed by atoms with Crippen molar-refractivity contribution in [1.82, 2.24) is 14.8 Å². The van der Waals surface area contributed by atoms with Crippen molar-refractivity contribution in [3.8, 4) is 33.9 Å². The van der Waals surface area contributed by atoms with Crippen LogP contribution >= 0.6 is 0 Å². The third-order valence-electron chi connectivity index (χ3n) is 6.14. The quantitative estimate of drug-likeness (QED) is 0.320. The minimum Gasteiger partial charge on any atom is -0.275 e. The van der Waals surface area contributed by atoms with Crippen molar-refractivity contribution in [3.63, 3.8) is 0 Å².